The van der Waals surface area contributed by atoms with Gasteiger partial charge in [-0.3, -0.25) is 0 Å². The van der Waals surface area contributed by atoms with Crippen molar-refractivity contribution < 1.29 is 9.13 Å². The first-order valence-corrected chi connectivity index (χ1v) is 7.66. The van der Waals surface area contributed by atoms with Crippen LogP contribution >= 0.6 is 27.5 Å². The molecule has 5 heteroatoms. The zero-order chi connectivity index (χ0) is 15.4. The van der Waals surface area contributed by atoms with E-state index in [2.05, 4.69) is 21.2 Å². The van der Waals surface area contributed by atoms with E-state index in [4.69, 9.17) is 16.3 Å². The third-order valence-corrected chi connectivity index (χ3v) is 4.00. The van der Waals surface area contributed by atoms with Crippen LogP contribution in [0.25, 0.3) is 0 Å². The van der Waals surface area contributed by atoms with Gasteiger partial charge in [-0.25, -0.2) is 4.39 Å². The second-order valence-electron chi connectivity index (χ2n) is 4.70. The molecule has 2 rings (SSSR count). The number of methoxy groups -OCH3 is 1. The standard InChI is InChI=1S/C16H16BrClFNO/c1-20-15(10-5-12(17)9-14(19)7-10)8-11-6-13(18)3-4-16(11)21-2/h3-7,9,15,20H,8H2,1-2H3. The highest BCUT2D eigenvalue weighted by atomic mass is 79.9. The smallest absolute Gasteiger partial charge is 0.124 e. The summed E-state index contributed by atoms with van der Waals surface area (Å²) in [4.78, 5) is 0. The van der Waals surface area contributed by atoms with Crippen LogP contribution in [0.4, 0.5) is 4.39 Å². The summed E-state index contributed by atoms with van der Waals surface area (Å²) < 4.78 is 19.6. The number of likely N-dealkylation sites (N-methyl/N-ethyl adjacent to an activating group) is 1. The number of rotatable bonds is 5. The van der Waals surface area contributed by atoms with Crippen LogP contribution in [-0.2, 0) is 6.42 Å². The maximum atomic E-state index is 13.6. The van der Waals surface area contributed by atoms with Crippen LogP contribution in [0, 0.1) is 5.82 Å². The average Bonchev–Trinajstić information content (AvgIpc) is 2.43. The second kappa shape index (κ2) is 7.25. The largest absolute Gasteiger partial charge is 0.496 e. The fraction of sp³-hybridized carbons (Fsp3) is 0.250. The predicted octanol–water partition coefficient (Wildman–Crippen LogP) is 4.75. The lowest BCUT2D eigenvalue weighted by Crippen LogP contribution is -2.19. The second-order valence-corrected chi connectivity index (χ2v) is 6.06. The van der Waals surface area contributed by atoms with Gasteiger partial charge in [0.05, 0.1) is 7.11 Å². The van der Waals surface area contributed by atoms with E-state index in [0.29, 0.717) is 11.4 Å². The summed E-state index contributed by atoms with van der Waals surface area (Å²) in [6.07, 6.45) is 0.649. The van der Waals surface area contributed by atoms with E-state index in [9.17, 15) is 4.39 Å². The average molecular weight is 373 g/mol. The van der Waals surface area contributed by atoms with Crippen molar-refractivity contribution in [2.45, 2.75) is 12.5 Å². The zero-order valence-electron chi connectivity index (χ0n) is 11.8. The van der Waals surface area contributed by atoms with Crippen molar-refractivity contribution in [3.05, 3.63) is 62.8 Å². The number of hydrogen-bond acceptors (Lipinski definition) is 2. The van der Waals surface area contributed by atoms with E-state index in [1.165, 1.54) is 12.1 Å². The van der Waals surface area contributed by atoms with Crippen molar-refractivity contribution in [3.63, 3.8) is 0 Å². The molecule has 0 heterocycles. The zero-order valence-corrected chi connectivity index (χ0v) is 14.1. The topological polar surface area (TPSA) is 21.3 Å². The Morgan fingerprint density at radius 3 is 2.67 bits per heavy atom. The highest BCUT2D eigenvalue weighted by Crippen LogP contribution is 2.29. The first kappa shape index (κ1) is 16.3. The molecule has 0 spiro atoms. The van der Waals surface area contributed by atoms with Gasteiger partial charge in [-0.15, -0.1) is 0 Å². The molecule has 0 aliphatic rings. The summed E-state index contributed by atoms with van der Waals surface area (Å²) in [6, 6.07) is 10.3. The molecule has 1 unspecified atom stereocenters. The van der Waals surface area contributed by atoms with E-state index in [1.807, 2.05) is 25.2 Å². The lowest BCUT2D eigenvalue weighted by atomic mass is 9.98. The molecule has 0 aromatic heterocycles. The van der Waals surface area contributed by atoms with Crippen LogP contribution in [0.1, 0.15) is 17.2 Å². The number of hydrogen-bond donors (Lipinski definition) is 1. The maximum Gasteiger partial charge on any atom is 0.124 e. The molecule has 2 aromatic rings. The Morgan fingerprint density at radius 2 is 2.05 bits per heavy atom. The molecule has 2 nitrogen and oxygen atoms in total. The monoisotopic (exact) mass is 371 g/mol. The highest BCUT2D eigenvalue weighted by molar-refractivity contribution is 9.10. The van der Waals surface area contributed by atoms with Crippen molar-refractivity contribution in [1.29, 1.82) is 0 Å². The normalized spacial score (nSPS) is 12.2. The van der Waals surface area contributed by atoms with E-state index >= 15 is 0 Å². The van der Waals surface area contributed by atoms with Gasteiger partial charge in [0.15, 0.2) is 0 Å². The number of benzene rings is 2. The van der Waals surface area contributed by atoms with Crippen LogP contribution in [0.2, 0.25) is 5.02 Å². The van der Waals surface area contributed by atoms with Crippen LogP contribution < -0.4 is 10.1 Å². The lowest BCUT2D eigenvalue weighted by Gasteiger charge is -2.19. The van der Waals surface area contributed by atoms with Gasteiger partial charge in [-0.1, -0.05) is 27.5 Å². The molecule has 1 atom stereocenters. The van der Waals surface area contributed by atoms with Crippen molar-refractivity contribution in [2.75, 3.05) is 14.2 Å². The van der Waals surface area contributed by atoms with E-state index in [-0.39, 0.29) is 11.9 Å². The lowest BCUT2D eigenvalue weighted by molar-refractivity contribution is 0.406. The van der Waals surface area contributed by atoms with Crippen LogP contribution in [0.5, 0.6) is 5.75 Å². The van der Waals surface area contributed by atoms with Crippen LogP contribution in [0.3, 0.4) is 0 Å². The molecule has 1 N–H and O–H groups in total. The Bertz CT molecular complexity index is 615. The van der Waals surface area contributed by atoms with Gasteiger partial charge in [0.2, 0.25) is 0 Å². The SMILES string of the molecule is CNC(Cc1cc(Cl)ccc1OC)c1cc(F)cc(Br)c1. The molecule has 0 amide bonds. The number of nitrogens with one attached hydrogen (secondary N) is 1. The molecule has 0 bridgehead atoms. The predicted molar refractivity (Wildman–Crippen MR) is 87.6 cm³/mol. The molecule has 0 saturated heterocycles. The summed E-state index contributed by atoms with van der Waals surface area (Å²) >= 11 is 9.38. The summed E-state index contributed by atoms with van der Waals surface area (Å²) in [6.45, 7) is 0. The Morgan fingerprint density at radius 1 is 1.29 bits per heavy atom. The molecular weight excluding hydrogens is 357 g/mol. The third-order valence-electron chi connectivity index (χ3n) is 3.30. The molecule has 112 valence electrons. The molecule has 2 aromatic carbocycles. The Balaban J connectivity index is 2.32. The summed E-state index contributed by atoms with van der Waals surface area (Å²) in [5.74, 6) is 0.507. The molecule has 0 aliphatic carbocycles. The fourth-order valence-corrected chi connectivity index (χ4v) is 2.97. The Kier molecular flexibility index (Phi) is 5.62. The van der Waals surface area contributed by atoms with Gasteiger partial charge < -0.3 is 10.1 Å². The summed E-state index contributed by atoms with van der Waals surface area (Å²) in [5, 5.41) is 3.86. The van der Waals surface area contributed by atoms with Gasteiger partial charge in [0.1, 0.15) is 11.6 Å². The third kappa shape index (κ3) is 4.19. The first-order valence-electron chi connectivity index (χ1n) is 6.49. The van der Waals surface area contributed by atoms with Crippen LogP contribution in [-0.4, -0.2) is 14.2 Å². The van der Waals surface area contributed by atoms with E-state index in [0.717, 1.165) is 21.3 Å². The van der Waals surface area contributed by atoms with Crippen molar-refractivity contribution in [1.82, 2.24) is 5.32 Å². The Hall–Kier alpha value is -1.10. The number of ether oxygens (including phenoxy) is 1. The van der Waals surface area contributed by atoms with Gasteiger partial charge in [-0.2, -0.15) is 0 Å². The first-order chi connectivity index (χ1) is 10.0. The van der Waals surface area contributed by atoms with Gasteiger partial charge in [0.25, 0.3) is 0 Å². The highest BCUT2D eigenvalue weighted by Gasteiger charge is 2.15. The van der Waals surface area contributed by atoms with Crippen molar-refractivity contribution >= 4 is 27.5 Å². The molecule has 0 fully saturated rings. The van der Waals surface area contributed by atoms with E-state index in [1.54, 1.807) is 13.2 Å². The summed E-state index contributed by atoms with van der Waals surface area (Å²) in [7, 11) is 3.47. The van der Waals surface area contributed by atoms with Gasteiger partial charge in [-0.05, 0) is 61.0 Å². The minimum atomic E-state index is -0.266. The minimum Gasteiger partial charge on any atom is -0.496 e. The minimum absolute atomic E-state index is 0.0376. The molecule has 0 saturated carbocycles. The van der Waals surface area contributed by atoms with Gasteiger partial charge in [0, 0.05) is 15.5 Å². The molecule has 0 radical (unpaired) electrons. The fourth-order valence-electron chi connectivity index (χ4n) is 2.29. The van der Waals surface area contributed by atoms with Gasteiger partial charge >= 0.3 is 0 Å². The van der Waals surface area contributed by atoms with Crippen molar-refractivity contribution in [3.8, 4) is 5.75 Å². The Labute approximate surface area is 137 Å². The van der Waals surface area contributed by atoms with Crippen molar-refractivity contribution in [2.24, 2.45) is 0 Å². The number of halogens is 3. The molecular formula is C16H16BrClFNO. The summed E-state index contributed by atoms with van der Waals surface area (Å²) in [5.41, 5.74) is 1.84. The maximum absolute atomic E-state index is 13.6. The van der Waals surface area contributed by atoms with Crippen LogP contribution in [0.15, 0.2) is 40.9 Å². The molecule has 0 aliphatic heterocycles. The quantitative estimate of drug-likeness (QED) is 0.817. The van der Waals surface area contributed by atoms with E-state index < -0.39 is 0 Å². The molecule has 21 heavy (non-hydrogen) atoms.